The highest BCUT2D eigenvalue weighted by Crippen LogP contribution is 2.36. The number of fused-ring (bicyclic) bond motifs is 1. The molecular formula is C17H22N2O4. The van der Waals surface area contributed by atoms with E-state index in [0.717, 1.165) is 6.42 Å². The van der Waals surface area contributed by atoms with Crippen LogP contribution in [0, 0.1) is 5.92 Å². The van der Waals surface area contributed by atoms with Crippen LogP contribution in [-0.4, -0.2) is 36.0 Å². The average Bonchev–Trinajstić information content (AvgIpc) is 2.90. The predicted molar refractivity (Wildman–Crippen MR) is 86.3 cm³/mol. The van der Waals surface area contributed by atoms with Gasteiger partial charge in [0.2, 0.25) is 11.8 Å². The number of nitrogens with one attached hydrogen (secondary N) is 1. The Morgan fingerprint density at radius 1 is 1.30 bits per heavy atom. The van der Waals surface area contributed by atoms with E-state index in [4.69, 9.17) is 0 Å². The maximum absolute atomic E-state index is 12.3. The monoisotopic (exact) mass is 318 g/mol. The van der Waals surface area contributed by atoms with E-state index in [9.17, 15) is 19.5 Å². The fourth-order valence-corrected chi connectivity index (χ4v) is 2.63. The largest absolute Gasteiger partial charge is 0.481 e. The van der Waals surface area contributed by atoms with E-state index in [0.29, 0.717) is 23.6 Å². The Balaban J connectivity index is 1.98. The molecule has 6 nitrogen and oxygen atoms in total. The molecule has 1 aliphatic rings. The molecule has 23 heavy (non-hydrogen) atoms. The van der Waals surface area contributed by atoms with Crippen LogP contribution in [0.15, 0.2) is 24.3 Å². The first-order chi connectivity index (χ1) is 10.9. The van der Waals surface area contributed by atoms with Crippen molar-refractivity contribution in [2.75, 3.05) is 18.0 Å². The highest BCUT2D eigenvalue weighted by molar-refractivity contribution is 6.01. The summed E-state index contributed by atoms with van der Waals surface area (Å²) in [6, 6.07) is 6.99. The molecule has 1 aromatic rings. The molecule has 0 saturated carbocycles. The van der Waals surface area contributed by atoms with Crippen molar-refractivity contribution in [2.45, 2.75) is 32.6 Å². The lowest BCUT2D eigenvalue weighted by Gasteiger charge is -2.18. The third-order valence-electron chi connectivity index (χ3n) is 3.95. The number of nitrogens with zero attached hydrogens (tertiary/aromatic N) is 1. The highest BCUT2D eigenvalue weighted by atomic mass is 16.4. The van der Waals surface area contributed by atoms with Gasteiger partial charge in [-0.15, -0.1) is 0 Å². The molecular weight excluding hydrogens is 296 g/mol. The second kappa shape index (κ2) is 7.26. The van der Waals surface area contributed by atoms with Gasteiger partial charge >= 0.3 is 5.97 Å². The molecule has 124 valence electrons. The fraction of sp³-hybridized carbons (Fsp3) is 0.471. The lowest BCUT2D eigenvalue weighted by atomic mass is 10.0. The van der Waals surface area contributed by atoms with E-state index in [1.54, 1.807) is 24.3 Å². The number of hydrogen-bond donors (Lipinski definition) is 2. The molecule has 0 fully saturated rings. The number of anilines is 1. The first kappa shape index (κ1) is 17.0. The van der Waals surface area contributed by atoms with Gasteiger partial charge in [0, 0.05) is 18.7 Å². The van der Waals surface area contributed by atoms with Gasteiger partial charge in [-0.1, -0.05) is 32.0 Å². The van der Waals surface area contributed by atoms with Crippen molar-refractivity contribution in [2.24, 2.45) is 5.92 Å². The van der Waals surface area contributed by atoms with E-state index >= 15 is 0 Å². The van der Waals surface area contributed by atoms with Crippen LogP contribution in [-0.2, 0) is 14.4 Å². The van der Waals surface area contributed by atoms with Crippen molar-refractivity contribution in [3.05, 3.63) is 29.8 Å². The van der Waals surface area contributed by atoms with E-state index < -0.39 is 11.9 Å². The molecule has 0 spiro atoms. The quantitative estimate of drug-likeness (QED) is 0.836. The molecule has 1 heterocycles. The Kier molecular flexibility index (Phi) is 5.36. The summed E-state index contributed by atoms with van der Waals surface area (Å²) in [5.41, 5.74) is 1.25. The van der Waals surface area contributed by atoms with E-state index in [1.165, 1.54) is 4.90 Å². The van der Waals surface area contributed by atoms with Crippen molar-refractivity contribution < 1.29 is 19.5 Å². The van der Waals surface area contributed by atoms with Gasteiger partial charge in [-0.2, -0.15) is 0 Å². The van der Waals surface area contributed by atoms with Crippen molar-refractivity contribution in [1.29, 1.82) is 0 Å². The molecule has 2 N–H and O–H groups in total. The predicted octanol–water partition coefficient (Wildman–Crippen LogP) is 1.75. The minimum absolute atomic E-state index is 0.107. The topological polar surface area (TPSA) is 86.7 Å². The van der Waals surface area contributed by atoms with Gasteiger partial charge in [0.05, 0.1) is 6.54 Å². The minimum atomic E-state index is -0.950. The van der Waals surface area contributed by atoms with E-state index in [-0.39, 0.29) is 24.9 Å². The Hall–Kier alpha value is -2.37. The molecule has 1 aliphatic heterocycles. The SMILES string of the molecule is CC(C)CCC(=O)NCC(=O)N1CC(C(=O)O)c2ccccc21. The van der Waals surface area contributed by atoms with Crippen molar-refractivity contribution in [3.63, 3.8) is 0 Å². The molecule has 0 aromatic heterocycles. The molecule has 1 atom stereocenters. The number of carboxylic acids is 1. The third-order valence-corrected chi connectivity index (χ3v) is 3.95. The van der Waals surface area contributed by atoms with Crippen LogP contribution < -0.4 is 10.2 Å². The van der Waals surface area contributed by atoms with Gasteiger partial charge in [0.15, 0.2) is 0 Å². The highest BCUT2D eigenvalue weighted by Gasteiger charge is 2.36. The van der Waals surface area contributed by atoms with Gasteiger partial charge in [0.1, 0.15) is 5.92 Å². The summed E-state index contributed by atoms with van der Waals surface area (Å²) in [5.74, 6) is -1.69. The number of rotatable bonds is 6. The zero-order chi connectivity index (χ0) is 17.0. The van der Waals surface area contributed by atoms with Crippen LogP contribution in [0.2, 0.25) is 0 Å². The van der Waals surface area contributed by atoms with Crippen LogP contribution in [0.5, 0.6) is 0 Å². The summed E-state index contributed by atoms with van der Waals surface area (Å²) in [4.78, 5) is 36.8. The van der Waals surface area contributed by atoms with Crippen molar-refractivity contribution >= 4 is 23.5 Å². The third kappa shape index (κ3) is 4.09. The van der Waals surface area contributed by atoms with Crippen molar-refractivity contribution in [3.8, 4) is 0 Å². The molecule has 0 radical (unpaired) electrons. The standard InChI is InChI=1S/C17H22N2O4/c1-11(2)7-8-15(20)18-9-16(21)19-10-13(17(22)23)12-5-3-4-6-14(12)19/h3-6,11,13H,7-10H2,1-2H3,(H,18,20)(H,22,23). The maximum Gasteiger partial charge on any atom is 0.312 e. The normalized spacial score (nSPS) is 16.3. The first-order valence-corrected chi connectivity index (χ1v) is 7.79. The minimum Gasteiger partial charge on any atom is -0.481 e. The van der Waals surface area contributed by atoms with Crippen LogP contribution in [0.4, 0.5) is 5.69 Å². The smallest absolute Gasteiger partial charge is 0.312 e. The zero-order valence-corrected chi connectivity index (χ0v) is 13.4. The van der Waals surface area contributed by atoms with Crippen LogP contribution in [0.3, 0.4) is 0 Å². The number of aliphatic carboxylic acids is 1. The van der Waals surface area contributed by atoms with Crippen LogP contribution in [0.25, 0.3) is 0 Å². The lowest BCUT2D eigenvalue weighted by molar-refractivity contribution is -0.138. The molecule has 0 bridgehead atoms. The number of carbonyl (C=O) groups excluding carboxylic acids is 2. The Bertz CT molecular complexity index is 612. The number of hydrogen-bond acceptors (Lipinski definition) is 3. The summed E-state index contributed by atoms with van der Waals surface area (Å²) in [7, 11) is 0. The molecule has 2 amide bonds. The summed E-state index contributed by atoms with van der Waals surface area (Å²) in [6.45, 7) is 4.06. The molecule has 0 saturated heterocycles. The summed E-state index contributed by atoms with van der Waals surface area (Å²) >= 11 is 0. The van der Waals surface area contributed by atoms with Crippen molar-refractivity contribution in [1.82, 2.24) is 5.32 Å². The second-order valence-corrected chi connectivity index (χ2v) is 6.16. The van der Waals surface area contributed by atoms with Gasteiger partial charge in [0.25, 0.3) is 0 Å². The molecule has 0 aliphatic carbocycles. The summed E-state index contributed by atoms with van der Waals surface area (Å²) in [6.07, 6.45) is 1.16. The Morgan fingerprint density at radius 3 is 2.65 bits per heavy atom. The van der Waals surface area contributed by atoms with Crippen LogP contribution >= 0.6 is 0 Å². The molecule has 1 aromatic carbocycles. The van der Waals surface area contributed by atoms with E-state index in [1.807, 2.05) is 13.8 Å². The molecule has 2 rings (SSSR count). The Morgan fingerprint density at radius 2 is 2.00 bits per heavy atom. The summed E-state index contributed by atoms with van der Waals surface area (Å²) < 4.78 is 0. The van der Waals surface area contributed by atoms with Gasteiger partial charge in [-0.3, -0.25) is 14.4 Å². The number of para-hydroxylation sites is 1. The number of carboxylic acid groups (broad SMARTS) is 1. The van der Waals surface area contributed by atoms with Gasteiger partial charge < -0.3 is 15.3 Å². The molecule has 1 unspecified atom stereocenters. The summed E-state index contributed by atoms with van der Waals surface area (Å²) in [5, 5.41) is 11.9. The van der Waals surface area contributed by atoms with Gasteiger partial charge in [-0.25, -0.2) is 0 Å². The fourth-order valence-electron chi connectivity index (χ4n) is 2.63. The van der Waals surface area contributed by atoms with E-state index in [2.05, 4.69) is 5.32 Å². The lowest BCUT2D eigenvalue weighted by Crippen LogP contribution is -2.40. The maximum atomic E-state index is 12.3. The first-order valence-electron chi connectivity index (χ1n) is 7.79. The molecule has 6 heteroatoms. The van der Waals surface area contributed by atoms with Crippen LogP contribution in [0.1, 0.15) is 38.2 Å². The second-order valence-electron chi connectivity index (χ2n) is 6.16. The van der Waals surface area contributed by atoms with Gasteiger partial charge in [-0.05, 0) is 24.0 Å². The average molecular weight is 318 g/mol. The number of amides is 2. The zero-order valence-electron chi connectivity index (χ0n) is 13.4. The number of carbonyl (C=O) groups is 3. The Labute approximate surface area is 135 Å². The number of benzene rings is 1.